The van der Waals surface area contributed by atoms with Crippen molar-refractivity contribution in [2.75, 3.05) is 39.4 Å². The zero-order valence-corrected chi connectivity index (χ0v) is 15.7. The highest BCUT2D eigenvalue weighted by Crippen LogP contribution is 2.11. The molecule has 0 aliphatic carbocycles. The molecule has 7 nitrogen and oxygen atoms in total. The van der Waals surface area contributed by atoms with Crippen molar-refractivity contribution in [2.24, 2.45) is 0 Å². The van der Waals surface area contributed by atoms with E-state index < -0.39 is 11.7 Å². The van der Waals surface area contributed by atoms with Crippen LogP contribution in [0.15, 0.2) is 0 Å². The molecule has 2 amide bonds. The average Bonchev–Trinajstić information content (AvgIpc) is 2.44. The van der Waals surface area contributed by atoms with E-state index in [1.807, 2.05) is 39.5 Å². The molecule has 0 atom stereocenters. The van der Waals surface area contributed by atoms with E-state index in [1.165, 1.54) is 0 Å². The molecule has 1 fully saturated rings. The number of carbonyl (C=O) groups is 2. The first-order valence-corrected chi connectivity index (χ1v) is 8.66. The maximum Gasteiger partial charge on any atom is 0.408 e. The van der Waals surface area contributed by atoms with Crippen LogP contribution < -0.4 is 10.6 Å². The Labute approximate surface area is 145 Å². The van der Waals surface area contributed by atoms with Gasteiger partial charge in [0.1, 0.15) is 5.60 Å². The van der Waals surface area contributed by atoms with Gasteiger partial charge in [-0.3, -0.25) is 4.79 Å². The summed E-state index contributed by atoms with van der Waals surface area (Å²) in [5.41, 5.74) is -0.873. The summed E-state index contributed by atoms with van der Waals surface area (Å²) in [4.78, 5) is 25.7. The third-order valence-electron chi connectivity index (χ3n) is 3.65. The molecule has 24 heavy (non-hydrogen) atoms. The Hall–Kier alpha value is -1.34. The van der Waals surface area contributed by atoms with E-state index in [0.29, 0.717) is 39.3 Å². The summed E-state index contributed by atoms with van der Waals surface area (Å²) < 4.78 is 10.5. The fourth-order valence-corrected chi connectivity index (χ4v) is 2.33. The molecule has 0 spiro atoms. The number of carbonyl (C=O) groups excluding carboxylic acids is 2. The largest absolute Gasteiger partial charge is 0.444 e. The third kappa shape index (κ3) is 9.08. The number of alkyl carbamates (subject to hydrolysis) is 1. The second-order valence-corrected chi connectivity index (χ2v) is 7.75. The summed E-state index contributed by atoms with van der Waals surface area (Å²) in [6, 6.07) is 0. The van der Waals surface area contributed by atoms with Crippen LogP contribution >= 0.6 is 0 Å². The SMILES string of the molecule is CC(C)(CCNCCC(=O)N1CCOCC1)NC(=O)OC(C)(C)C. The molecule has 0 saturated carbocycles. The molecule has 0 aromatic rings. The summed E-state index contributed by atoms with van der Waals surface area (Å²) in [5.74, 6) is 0.164. The number of nitrogens with one attached hydrogen (secondary N) is 2. The highest BCUT2D eigenvalue weighted by atomic mass is 16.6. The fraction of sp³-hybridized carbons (Fsp3) is 0.882. The van der Waals surface area contributed by atoms with E-state index in [1.54, 1.807) is 0 Å². The lowest BCUT2D eigenvalue weighted by atomic mass is 10.0. The van der Waals surface area contributed by atoms with Gasteiger partial charge in [-0.15, -0.1) is 0 Å². The number of amides is 2. The Morgan fingerprint density at radius 2 is 1.71 bits per heavy atom. The molecule has 1 aliphatic heterocycles. The van der Waals surface area contributed by atoms with Crippen LogP contribution in [0, 0.1) is 0 Å². The molecule has 0 bridgehead atoms. The number of hydrogen-bond acceptors (Lipinski definition) is 5. The lowest BCUT2D eigenvalue weighted by Gasteiger charge is -2.29. The van der Waals surface area contributed by atoms with E-state index >= 15 is 0 Å². The van der Waals surface area contributed by atoms with Crippen molar-refractivity contribution < 1.29 is 19.1 Å². The van der Waals surface area contributed by atoms with Crippen molar-refractivity contribution in [1.29, 1.82) is 0 Å². The fourth-order valence-electron chi connectivity index (χ4n) is 2.33. The van der Waals surface area contributed by atoms with Gasteiger partial charge in [0.15, 0.2) is 0 Å². The van der Waals surface area contributed by atoms with E-state index in [0.717, 1.165) is 13.0 Å². The van der Waals surface area contributed by atoms with E-state index in [2.05, 4.69) is 10.6 Å². The zero-order valence-electron chi connectivity index (χ0n) is 15.7. The summed E-state index contributed by atoms with van der Waals surface area (Å²) in [5, 5.41) is 6.14. The van der Waals surface area contributed by atoms with E-state index in [4.69, 9.17) is 9.47 Å². The van der Waals surface area contributed by atoms with Crippen molar-refractivity contribution >= 4 is 12.0 Å². The van der Waals surface area contributed by atoms with Crippen LogP contribution in [-0.2, 0) is 14.3 Å². The lowest BCUT2D eigenvalue weighted by molar-refractivity contribution is -0.135. The van der Waals surface area contributed by atoms with Gasteiger partial charge in [-0.05, 0) is 47.6 Å². The Morgan fingerprint density at radius 1 is 1.08 bits per heavy atom. The molecule has 140 valence electrons. The van der Waals surface area contributed by atoms with E-state index in [-0.39, 0.29) is 11.4 Å². The van der Waals surface area contributed by atoms with Crippen molar-refractivity contribution in [3.8, 4) is 0 Å². The molecular formula is C17H33N3O4. The van der Waals surface area contributed by atoms with Gasteiger partial charge in [0.25, 0.3) is 0 Å². The molecule has 1 heterocycles. The van der Waals surface area contributed by atoms with Gasteiger partial charge in [0.2, 0.25) is 5.91 Å². The Bertz CT molecular complexity index is 413. The Balaban J connectivity index is 2.16. The van der Waals surface area contributed by atoms with Gasteiger partial charge in [0, 0.05) is 31.6 Å². The van der Waals surface area contributed by atoms with Gasteiger partial charge in [-0.2, -0.15) is 0 Å². The van der Waals surface area contributed by atoms with Crippen LogP contribution in [0.3, 0.4) is 0 Å². The van der Waals surface area contributed by atoms with Crippen LogP contribution in [0.25, 0.3) is 0 Å². The van der Waals surface area contributed by atoms with Gasteiger partial charge >= 0.3 is 6.09 Å². The summed E-state index contributed by atoms with van der Waals surface area (Å²) in [7, 11) is 0. The summed E-state index contributed by atoms with van der Waals surface area (Å²) in [6.45, 7) is 13.4. The number of hydrogen-bond donors (Lipinski definition) is 2. The smallest absolute Gasteiger partial charge is 0.408 e. The van der Waals surface area contributed by atoms with Gasteiger partial charge in [-0.25, -0.2) is 4.79 Å². The minimum atomic E-state index is -0.502. The lowest BCUT2D eigenvalue weighted by Crippen LogP contribution is -2.47. The zero-order chi connectivity index (χ0) is 18.2. The molecule has 1 aliphatic rings. The first kappa shape index (κ1) is 20.7. The van der Waals surface area contributed by atoms with Crippen molar-refractivity contribution in [1.82, 2.24) is 15.5 Å². The third-order valence-corrected chi connectivity index (χ3v) is 3.65. The minimum absolute atomic E-state index is 0.164. The van der Waals surface area contributed by atoms with Crippen molar-refractivity contribution in [3.05, 3.63) is 0 Å². The molecule has 0 aromatic carbocycles. The molecule has 1 saturated heterocycles. The molecule has 1 rings (SSSR count). The Kier molecular flexibility index (Phi) is 7.96. The van der Waals surface area contributed by atoms with Crippen LogP contribution in [0.1, 0.15) is 47.5 Å². The standard InChI is InChI=1S/C17H33N3O4/c1-16(2,3)24-15(22)19-17(4,5)7-9-18-8-6-14(21)20-10-12-23-13-11-20/h18H,6-13H2,1-5H3,(H,19,22). The molecule has 0 aromatic heterocycles. The molecular weight excluding hydrogens is 310 g/mol. The summed E-state index contributed by atoms with van der Waals surface area (Å²) >= 11 is 0. The second-order valence-electron chi connectivity index (χ2n) is 7.75. The van der Waals surface area contributed by atoms with Gasteiger partial charge in [0.05, 0.1) is 13.2 Å². The Morgan fingerprint density at radius 3 is 2.29 bits per heavy atom. The quantitative estimate of drug-likeness (QED) is 0.685. The molecule has 2 N–H and O–H groups in total. The van der Waals surface area contributed by atoms with Crippen LogP contribution in [-0.4, -0.2) is 67.4 Å². The average molecular weight is 343 g/mol. The number of nitrogens with zero attached hydrogens (tertiary/aromatic N) is 1. The predicted octanol–water partition coefficient (Wildman–Crippen LogP) is 1.52. The maximum absolute atomic E-state index is 12.0. The minimum Gasteiger partial charge on any atom is -0.444 e. The van der Waals surface area contributed by atoms with Crippen LogP contribution in [0.4, 0.5) is 4.79 Å². The van der Waals surface area contributed by atoms with Gasteiger partial charge in [-0.1, -0.05) is 0 Å². The molecule has 0 unspecified atom stereocenters. The number of rotatable bonds is 7. The molecule has 0 radical (unpaired) electrons. The monoisotopic (exact) mass is 343 g/mol. The van der Waals surface area contributed by atoms with E-state index in [9.17, 15) is 9.59 Å². The highest BCUT2D eigenvalue weighted by Gasteiger charge is 2.24. The molecule has 7 heteroatoms. The van der Waals surface area contributed by atoms with Crippen LogP contribution in [0.5, 0.6) is 0 Å². The summed E-state index contributed by atoms with van der Waals surface area (Å²) in [6.07, 6.45) is 0.827. The number of morpholine rings is 1. The second kappa shape index (κ2) is 9.22. The maximum atomic E-state index is 12.0. The van der Waals surface area contributed by atoms with Gasteiger partial charge < -0.3 is 25.0 Å². The predicted molar refractivity (Wildman–Crippen MR) is 93.0 cm³/mol. The number of ether oxygens (including phenoxy) is 2. The van der Waals surface area contributed by atoms with Crippen LogP contribution in [0.2, 0.25) is 0 Å². The first-order valence-electron chi connectivity index (χ1n) is 8.66. The normalized spacial score (nSPS) is 16.0. The topological polar surface area (TPSA) is 79.9 Å². The van der Waals surface area contributed by atoms with Crippen molar-refractivity contribution in [3.63, 3.8) is 0 Å². The highest BCUT2D eigenvalue weighted by molar-refractivity contribution is 5.76. The first-order chi connectivity index (χ1) is 11.1. The van der Waals surface area contributed by atoms with Crippen molar-refractivity contribution in [2.45, 2.75) is 58.6 Å².